The molecule has 2 rings (SSSR count). The highest BCUT2D eigenvalue weighted by molar-refractivity contribution is 6.04. The fourth-order valence-corrected chi connectivity index (χ4v) is 3.14. The van der Waals surface area contributed by atoms with Gasteiger partial charge in [0.2, 0.25) is 0 Å². The monoisotopic (exact) mass is 271 g/mol. The van der Waals surface area contributed by atoms with Crippen LogP contribution in [0.3, 0.4) is 0 Å². The van der Waals surface area contributed by atoms with Crippen LogP contribution in [-0.4, -0.2) is 18.0 Å². The molecule has 0 fully saturated rings. The van der Waals surface area contributed by atoms with Gasteiger partial charge in [0.05, 0.1) is 12.0 Å². The van der Waals surface area contributed by atoms with Gasteiger partial charge in [-0.25, -0.2) is 0 Å². The van der Waals surface area contributed by atoms with Gasteiger partial charge >= 0.3 is 0 Å². The molecule has 108 valence electrons. The van der Waals surface area contributed by atoms with E-state index in [1.807, 2.05) is 19.2 Å². The Morgan fingerprint density at radius 2 is 2.05 bits per heavy atom. The molecule has 2 heteroatoms. The summed E-state index contributed by atoms with van der Waals surface area (Å²) in [7, 11) is 0. The lowest BCUT2D eigenvalue weighted by atomic mass is 9.77. The molecule has 1 unspecified atom stereocenters. The molecule has 2 aliphatic rings. The van der Waals surface area contributed by atoms with Gasteiger partial charge in [-0.05, 0) is 49.7 Å². The van der Waals surface area contributed by atoms with Gasteiger partial charge in [-0.1, -0.05) is 38.2 Å². The number of aliphatic imine (C=N–C) groups is 1. The number of hydrogen-bond acceptors (Lipinski definition) is 2. The van der Waals surface area contributed by atoms with Crippen molar-refractivity contribution in [1.29, 1.82) is 0 Å². The van der Waals surface area contributed by atoms with Crippen LogP contribution < -0.4 is 0 Å². The number of ketones is 1. The number of rotatable bonds is 3. The lowest BCUT2D eigenvalue weighted by Crippen LogP contribution is -2.29. The van der Waals surface area contributed by atoms with Crippen LogP contribution in [0.4, 0.5) is 0 Å². The summed E-state index contributed by atoms with van der Waals surface area (Å²) in [4.78, 5) is 16.9. The first-order valence-electron chi connectivity index (χ1n) is 7.73. The molecule has 0 N–H and O–H groups in total. The van der Waals surface area contributed by atoms with Crippen molar-refractivity contribution in [1.82, 2.24) is 0 Å². The molecule has 2 nitrogen and oxygen atoms in total. The maximum absolute atomic E-state index is 12.2. The topological polar surface area (TPSA) is 29.4 Å². The van der Waals surface area contributed by atoms with Crippen molar-refractivity contribution in [2.45, 2.75) is 46.1 Å². The SMILES string of the molecule is C/C=C1/C=CC(=O)C(/C=N/[C@H]2CC=CC[C@H]2C)[C@@H]1CC. The molecule has 0 saturated carbocycles. The van der Waals surface area contributed by atoms with Crippen LogP contribution in [0.15, 0.2) is 40.9 Å². The van der Waals surface area contributed by atoms with Crippen molar-refractivity contribution >= 4 is 12.0 Å². The maximum Gasteiger partial charge on any atom is 0.164 e. The second kappa shape index (κ2) is 6.83. The Labute approximate surface area is 122 Å². The fraction of sp³-hybridized carbons (Fsp3) is 0.556. The molecule has 4 atom stereocenters. The second-order valence-corrected chi connectivity index (χ2v) is 5.85. The van der Waals surface area contributed by atoms with E-state index in [0.29, 0.717) is 12.0 Å². The zero-order chi connectivity index (χ0) is 14.5. The summed E-state index contributed by atoms with van der Waals surface area (Å²) in [6.45, 7) is 6.43. The third-order valence-electron chi connectivity index (χ3n) is 4.55. The summed E-state index contributed by atoms with van der Waals surface area (Å²) < 4.78 is 0. The first-order chi connectivity index (χ1) is 9.67. The van der Waals surface area contributed by atoms with E-state index >= 15 is 0 Å². The Bertz CT molecular complexity index is 470. The first kappa shape index (κ1) is 15.0. The molecule has 0 radical (unpaired) electrons. The van der Waals surface area contributed by atoms with Crippen LogP contribution in [0.1, 0.15) is 40.0 Å². The van der Waals surface area contributed by atoms with Gasteiger partial charge in [-0.2, -0.15) is 0 Å². The van der Waals surface area contributed by atoms with Crippen molar-refractivity contribution in [2.75, 3.05) is 0 Å². The summed E-state index contributed by atoms with van der Waals surface area (Å²) in [6, 6.07) is 0.338. The van der Waals surface area contributed by atoms with Gasteiger partial charge in [-0.3, -0.25) is 9.79 Å². The van der Waals surface area contributed by atoms with Crippen molar-refractivity contribution in [3.63, 3.8) is 0 Å². The molecule has 0 aromatic heterocycles. The van der Waals surface area contributed by atoms with Gasteiger partial charge in [0.25, 0.3) is 0 Å². The Kier molecular flexibility index (Phi) is 5.11. The highest BCUT2D eigenvalue weighted by atomic mass is 16.1. The van der Waals surface area contributed by atoms with E-state index in [9.17, 15) is 4.79 Å². The van der Waals surface area contributed by atoms with E-state index in [-0.39, 0.29) is 17.6 Å². The third-order valence-corrected chi connectivity index (χ3v) is 4.55. The summed E-state index contributed by atoms with van der Waals surface area (Å²) >= 11 is 0. The van der Waals surface area contributed by atoms with Crippen LogP contribution >= 0.6 is 0 Å². The minimum Gasteiger partial charge on any atom is -0.294 e. The molecule has 2 aliphatic carbocycles. The van der Waals surface area contributed by atoms with Gasteiger partial charge < -0.3 is 0 Å². The Morgan fingerprint density at radius 3 is 2.70 bits per heavy atom. The number of carbonyl (C=O) groups is 1. The van der Waals surface area contributed by atoms with Crippen LogP contribution in [-0.2, 0) is 4.79 Å². The molecule has 0 heterocycles. The minimum absolute atomic E-state index is 0.0747. The average molecular weight is 271 g/mol. The number of hydrogen-bond donors (Lipinski definition) is 0. The van der Waals surface area contributed by atoms with Crippen molar-refractivity contribution in [3.05, 3.63) is 36.0 Å². The predicted molar refractivity (Wildman–Crippen MR) is 85.0 cm³/mol. The van der Waals surface area contributed by atoms with E-state index in [2.05, 4.69) is 32.1 Å². The molecular formula is C18H25NO. The molecule has 0 amide bonds. The number of carbonyl (C=O) groups excluding carboxylic acids is 1. The molecule has 0 aromatic rings. The number of nitrogens with zero attached hydrogens (tertiary/aromatic N) is 1. The highest BCUT2D eigenvalue weighted by Crippen LogP contribution is 2.30. The smallest absolute Gasteiger partial charge is 0.164 e. The lowest BCUT2D eigenvalue weighted by molar-refractivity contribution is -0.117. The molecule has 0 spiro atoms. The second-order valence-electron chi connectivity index (χ2n) is 5.85. The Morgan fingerprint density at radius 1 is 1.30 bits per heavy atom. The molecule has 0 saturated heterocycles. The summed E-state index contributed by atoms with van der Waals surface area (Å²) in [5, 5.41) is 0. The van der Waals surface area contributed by atoms with E-state index in [0.717, 1.165) is 19.3 Å². The van der Waals surface area contributed by atoms with Crippen LogP contribution in [0.25, 0.3) is 0 Å². The molecule has 0 aliphatic heterocycles. The minimum atomic E-state index is -0.0747. The van der Waals surface area contributed by atoms with E-state index in [4.69, 9.17) is 4.99 Å². The predicted octanol–water partition coefficient (Wildman–Crippen LogP) is 4.14. The zero-order valence-electron chi connectivity index (χ0n) is 12.8. The fourth-order valence-electron chi connectivity index (χ4n) is 3.14. The third kappa shape index (κ3) is 3.17. The quantitative estimate of drug-likeness (QED) is 0.560. The number of allylic oxidation sites excluding steroid dienone is 5. The normalized spacial score (nSPS) is 36.1. The van der Waals surface area contributed by atoms with Crippen molar-refractivity contribution in [3.8, 4) is 0 Å². The van der Waals surface area contributed by atoms with Gasteiger partial charge in [0, 0.05) is 6.21 Å². The average Bonchev–Trinajstić information content (AvgIpc) is 2.47. The lowest BCUT2D eigenvalue weighted by Gasteiger charge is -2.27. The maximum atomic E-state index is 12.2. The van der Waals surface area contributed by atoms with Crippen LogP contribution in [0.5, 0.6) is 0 Å². The largest absolute Gasteiger partial charge is 0.294 e. The van der Waals surface area contributed by atoms with Crippen LogP contribution in [0.2, 0.25) is 0 Å². The van der Waals surface area contributed by atoms with Crippen LogP contribution in [0, 0.1) is 17.8 Å². The molecule has 0 aromatic carbocycles. The Hall–Kier alpha value is -1.44. The van der Waals surface area contributed by atoms with E-state index in [1.54, 1.807) is 6.08 Å². The molecule has 0 bridgehead atoms. The molecule has 20 heavy (non-hydrogen) atoms. The van der Waals surface area contributed by atoms with Gasteiger partial charge in [0.15, 0.2) is 5.78 Å². The van der Waals surface area contributed by atoms with Crippen molar-refractivity contribution < 1.29 is 4.79 Å². The van der Waals surface area contributed by atoms with E-state index in [1.165, 1.54) is 5.57 Å². The standard InChI is InChI=1S/C18H25NO/c1-4-14-10-11-18(20)16(15(14)5-2)12-19-17-9-7-6-8-13(17)3/h4,6-7,10-13,15-17H,5,8-9H2,1-3H3/b14-4-,19-12+/t13-,15-,16?,17+/m1/s1. The Balaban J connectivity index is 2.15. The molecular weight excluding hydrogens is 246 g/mol. The summed E-state index contributed by atoms with van der Waals surface area (Å²) in [5.74, 6) is 0.988. The van der Waals surface area contributed by atoms with Gasteiger partial charge in [-0.15, -0.1) is 0 Å². The van der Waals surface area contributed by atoms with E-state index < -0.39 is 0 Å². The zero-order valence-corrected chi connectivity index (χ0v) is 12.8. The van der Waals surface area contributed by atoms with Crippen molar-refractivity contribution in [2.24, 2.45) is 22.7 Å². The highest BCUT2D eigenvalue weighted by Gasteiger charge is 2.29. The first-order valence-corrected chi connectivity index (χ1v) is 7.73. The summed E-state index contributed by atoms with van der Waals surface area (Å²) in [5.41, 5.74) is 1.26. The van der Waals surface area contributed by atoms with Gasteiger partial charge in [0.1, 0.15) is 0 Å². The summed E-state index contributed by atoms with van der Waals surface area (Å²) in [6.07, 6.45) is 15.2.